The summed E-state index contributed by atoms with van der Waals surface area (Å²) < 4.78 is 10.5. The molecule has 1 atom stereocenters. The third kappa shape index (κ3) is 4.65. The van der Waals surface area contributed by atoms with Crippen LogP contribution < -0.4 is 10.1 Å². The Balaban J connectivity index is 1.67. The van der Waals surface area contributed by atoms with Crippen LogP contribution in [0, 0.1) is 6.92 Å². The highest BCUT2D eigenvalue weighted by atomic mass is 16.5. The van der Waals surface area contributed by atoms with Crippen molar-refractivity contribution < 1.29 is 19.1 Å². The molecule has 1 amide bonds. The summed E-state index contributed by atoms with van der Waals surface area (Å²) in [6.45, 7) is 2.24. The van der Waals surface area contributed by atoms with Gasteiger partial charge in [-0.15, -0.1) is 0 Å². The maximum absolute atomic E-state index is 11.7. The first-order chi connectivity index (χ1) is 10.2. The molecule has 0 aliphatic carbocycles. The predicted molar refractivity (Wildman–Crippen MR) is 78.0 cm³/mol. The van der Waals surface area contributed by atoms with Crippen molar-refractivity contribution in [1.29, 1.82) is 0 Å². The molecule has 2 rings (SSSR count). The molecule has 0 radical (unpaired) electrons. The van der Waals surface area contributed by atoms with Gasteiger partial charge in [-0.2, -0.15) is 0 Å². The second-order valence-electron chi connectivity index (χ2n) is 4.72. The number of hydrogen-bond donors (Lipinski definition) is 2. The smallest absolute Gasteiger partial charge is 0.257 e. The number of furan rings is 1. The fourth-order valence-electron chi connectivity index (χ4n) is 1.88. The molecule has 0 spiro atoms. The number of ether oxygens (including phenoxy) is 1. The molecule has 0 unspecified atom stereocenters. The van der Waals surface area contributed by atoms with E-state index >= 15 is 0 Å². The lowest BCUT2D eigenvalue weighted by Crippen LogP contribution is -2.30. The summed E-state index contributed by atoms with van der Waals surface area (Å²) >= 11 is 0. The Morgan fingerprint density at radius 2 is 2.14 bits per heavy atom. The minimum absolute atomic E-state index is 0.0400. The van der Waals surface area contributed by atoms with E-state index in [4.69, 9.17) is 9.15 Å². The number of amides is 1. The van der Waals surface area contributed by atoms with Crippen molar-refractivity contribution in [2.24, 2.45) is 0 Å². The van der Waals surface area contributed by atoms with Gasteiger partial charge in [0, 0.05) is 6.54 Å². The molecule has 0 bridgehead atoms. The Morgan fingerprint density at radius 1 is 1.33 bits per heavy atom. The van der Waals surface area contributed by atoms with Gasteiger partial charge in [0.05, 0.1) is 6.26 Å². The first kappa shape index (κ1) is 15.1. The summed E-state index contributed by atoms with van der Waals surface area (Å²) in [5.74, 6) is 0.980. The van der Waals surface area contributed by atoms with Crippen molar-refractivity contribution >= 4 is 5.91 Å². The van der Waals surface area contributed by atoms with Crippen molar-refractivity contribution in [2.45, 2.75) is 19.4 Å². The zero-order valence-corrected chi connectivity index (χ0v) is 11.9. The SMILES string of the molecule is Cc1ccccc1OCC(=O)NCC[C@@H](O)c1ccco1. The predicted octanol–water partition coefficient (Wildman–Crippen LogP) is 2.21. The monoisotopic (exact) mass is 289 g/mol. The van der Waals surface area contributed by atoms with Crippen LogP contribution in [0.15, 0.2) is 47.1 Å². The number of para-hydroxylation sites is 1. The van der Waals surface area contributed by atoms with Crippen LogP contribution in [0.5, 0.6) is 5.75 Å². The van der Waals surface area contributed by atoms with Crippen molar-refractivity contribution in [3.63, 3.8) is 0 Å². The molecule has 0 fully saturated rings. The van der Waals surface area contributed by atoms with Gasteiger partial charge in [0.25, 0.3) is 5.91 Å². The number of aryl methyl sites for hydroxylation is 1. The van der Waals surface area contributed by atoms with Crippen LogP contribution in [0.25, 0.3) is 0 Å². The van der Waals surface area contributed by atoms with Crippen LogP contribution in [-0.4, -0.2) is 24.2 Å². The molecule has 0 saturated heterocycles. The third-order valence-electron chi connectivity index (χ3n) is 3.06. The zero-order valence-electron chi connectivity index (χ0n) is 11.9. The minimum atomic E-state index is -0.711. The number of carbonyl (C=O) groups excluding carboxylic acids is 1. The number of hydrogen-bond acceptors (Lipinski definition) is 4. The number of benzene rings is 1. The van der Waals surface area contributed by atoms with Gasteiger partial charge in [-0.25, -0.2) is 0 Å². The first-order valence-corrected chi connectivity index (χ1v) is 6.83. The van der Waals surface area contributed by atoms with E-state index < -0.39 is 6.10 Å². The standard InChI is InChI=1S/C16H19NO4/c1-12-5-2-3-6-14(12)21-11-16(19)17-9-8-13(18)15-7-4-10-20-15/h2-7,10,13,18H,8-9,11H2,1H3,(H,17,19)/t13-/m1/s1. The minimum Gasteiger partial charge on any atom is -0.484 e. The van der Waals surface area contributed by atoms with E-state index in [0.29, 0.717) is 24.5 Å². The lowest BCUT2D eigenvalue weighted by Gasteiger charge is -2.11. The lowest BCUT2D eigenvalue weighted by atomic mass is 10.2. The molecule has 5 heteroatoms. The molecule has 1 heterocycles. The Bertz CT molecular complexity index is 565. The number of nitrogens with one attached hydrogen (secondary N) is 1. The molecule has 0 aliphatic rings. The van der Waals surface area contributed by atoms with E-state index in [1.165, 1.54) is 6.26 Å². The average molecular weight is 289 g/mol. The van der Waals surface area contributed by atoms with Crippen LogP contribution >= 0.6 is 0 Å². The Kier molecular flexibility index (Phi) is 5.40. The quantitative estimate of drug-likeness (QED) is 0.819. The molecule has 2 N–H and O–H groups in total. The Morgan fingerprint density at radius 3 is 2.86 bits per heavy atom. The van der Waals surface area contributed by atoms with E-state index in [-0.39, 0.29) is 12.5 Å². The summed E-state index contributed by atoms with van der Waals surface area (Å²) in [5, 5.41) is 12.5. The summed E-state index contributed by atoms with van der Waals surface area (Å²) in [6, 6.07) is 10.9. The second kappa shape index (κ2) is 7.50. The molecule has 1 aromatic carbocycles. The fraction of sp³-hybridized carbons (Fsp3) is 0.312. The van der Waals surface area contributed by atoms with Gasteiger partial charge >= 0.3 is 0 Å². The first-order valence-electron chi connectivity index (χ1n) is 6.83. The van der Waals surface area contributed by atoms with Crippen LogP contribution in [-0.2, 0) is 4.79 Å². The van der Waals surface area contributed by atoms with E-state index in [1.54, 1.807) is 12.1 Å². The van der Waals surface area contributed by atoms with Gasteiger partial charge in [-0.1, -0.05) is 18.2 Å². The van der Waals surface area contributed by atoms with E-state index in [2.05, 4.69) is 5.32 Å². The third-order valence-corrected chi connectivity index (χ3v) is 3.06. The Hall–Kier alpha value is -2.27. The van der Waals surface area contributed by atoms with E-state index in [0.717, 1.165) is 5.56 Å². The zero-order chi connectivity index (χ0) is 15.1. The normalized spacial score (nSPS) is 11.9. The summed E-state index contributed by atoms with van der Waals surface area (Å²) in [6.07, 6.45) is 1.19. The number of rotatable bonds is 7. The molecule has 0 saturated carbocycles. The maximum atomic E-state index is 11.7. The van der Waals surface area contributed by atoms with Crippen LogP contribution in [0.4, 0.5) is 0 Å². The van der Waals surface area contributed by atoms with Crippen LogP contribution in [0.1, 0.15) is 23.8 Å². The summed E-state index contributed by atoms with van der Waals surface area (Å²) in [5.41, 5.74) is 0.985. The van der Waals surface area contributed by atoms with Crippen LogP contribution in [0.3, 0.4) is 0 Å². The topological polar surface area (TPSA) is 71.7 Å². The van der Waals surface area contributed by atoms with Gasteiger partial charge < -0.3 is 19.6 Å². The average Bonchev–Trinajstić information content (AvgIpc) is 3.00. The highest BCUT2D eigenvalue weighted by Crippen LogP contribution is 2.16. The second-order valence-corrected chi connectivity index (χ2v) is 4.72. The van der Waals surface area contributed by atoms with Gasteiger partial charge in [0.2, 0.25) is 0 Å². The van der Waals surface area contributed by atoms with Crippen LogP contribution in [0.2, 0.25) is 0 Å². The van der Waals surface area contributed by atoms with Gasteiger partial charge in [-0.05, 0) is 37.1 Å². The molecule has 112 valence electrons. The molecule has 0 aliphatic heterocycles. The van der Waals surface area contributed by atoms with Gasteiger partial charge in [-0.3, -0.25) is 4.79 Å². The largest absolute Gasteiger partial charge is 0.484 e. The molecule has 5 nitrogen and oxygen atoms in total. The number of carbonyl (C=O) groups is 1. The Labute approximate surface area is 123 Å². The van der Waals surface area contributed by atoms with Crippen molar-refractivity contribution in [3.05, 3.63) is 54.0 Å². The highest BCUT2D eigenvalue weighted by molar-refractivity contribution is 5.77. The molecular formula is C16H19NO4. The fourth-order valence-corrected chi connectivity index (χ4v) is 1.88. The summed E-state index contributed by atoms with van der Waals surface area (Å²) in [4.78, 5) is 11.7. The van der Waals surface area contributed by atoms with Gasteiger partial charge in [0.15, 0.2) is 6.61 Å². The van der Waals surface area contributed by atoms with Crippen molar-refractivity contribution in [3.8, 4) is 5.75 Å². The number of aliphatic hydroxyl groups excluding tert-OH is 1. The van der Waals surface area contributed by atoms with Gasteiger partial charge in [0.1, 0.15) is 17.6 Å². The molecule has 2 aromatic rings. The lowest BCUT2D eigenvalue weighted by molar-refractivity contribution is -0.123. The molecule has 1 aromatic heterocycles. The highest BCUT2D eigenvalue weighted by Gasteiger charge is 2.11. The van der Waals surface area contributed by atoms with Crippen molar-refractivity contribution in [2.75, 3.05) is 13.2 Å². The van der Waals surface area contributed by atoms with Crippen molar-refractivity contribution in [1.82, 2.24) is 5.32 Å². The van der Waals surface area contributed by atoms with E-state index in [1.807, 2.05) is 31.2 Å². The molecule has 21 heavy (non-hydrogen) atoms. The molecular weight excluding hydrogens is 270 g/mol. The number of aliphatic hydroxyl groups is 1. The maximum Gasteiger partial charge on any atom is 0.257 e. The summed E-state index contributed by atoms with van der Waals surface area (Å²) in [7, 11) is 0. The van der Waals surface area contributed by atoms with E-state index in [9.17, 15) is 9.90 Å².